The maximum Gasteiger partial charge on any atom is 0.329 e. The Balaban J connectivity index is 2.26. The van der Waals surface area contributed by atoms with Crippen molar-refractivity contribution in [2.24, 2.45) is 5.92 Å². The first kappa shape index (κ1) is 8.53. The Morgan fingerprint density at radius 1 is 1.54 bits per heavy atom. The van der Waals surface area contributed by atoms with Crippen LogP contribution in [0.2, 0.25) is 0 Å². The Kier molecular flexibility index (Phi) is 1.62. The molecule has 1 amide bonds. The van der Waals surface area contributed by atoms with Crippen molar-refractivity contribution in [2.45, 2.75) is 31.7 Å². The summed E-state index contributed by atoms with van der Waals surface area (Å²) < 4.78 is 0. The van der Waals surface area contributed by atoms with Crippen LogP contribution < -0.4 is 0 Å². The molecule has 0 radical (unpaired) electrons. The first-order chi connectivity index (χ1) is 6.09. The van der Waals surface area contributed by atoms with Crippen molar-refractivity contribution >= 4 is 11.9 Å². The van der Waals surface area contributed by atoms with Crippen LogP contribution in [0.1, 0.15) is 26.2 Å². The van der Waals surface area contributed by atoms with Crippen molar-refractivity contribution in [1.29, 1.82) is 0 Å². The summed E-state index contributed by atoms with van der Waals surface area (Å²) in [6.45, 7) is 2.06. The summed E-state index contributed by atoms with van der Waals surface area (Å²) in [5.41, 5.74) is -0.815. The molecule has 1 saturated heterocycles. The molecule has 0 aromatic heterocycles. The standard InChI is InChI=1S/C9H13NO3/c1-6(11)10-4-2-3-7-5-9(7,10)8(12)13/h7H,2-5H2,1H3,(H,12,13). The van der Waals surface area contributed by atoms with Gasteiger partial charge in [-0.15, -0.1) is 0 Å². The van der Waals surface area contributed by atoms with Crippen LogP contribution in [-0.2, 0) is 9.59 Å². The lowest BCUT2D eigenvalue weighted by Gasteiger charge is -2.32. The van der Waals surface area contributed by atoms with Crippen LogP contribution in [0.3, 0.4) is 0 Å². The van der Waals surface area contributed by atoms with Gasteiger partial charge in [0.2, 0.25) is 5.91 Å². The number of carbonyl (C=O) groups excluding carboxylic acids is 1. The number of rotatable bonds is 1. The molecule has 0 aromatic rings. The molecule has 1 aliphatic carbocycles. The number of amides is 1. The smallest absolute Gasteiger partial charge is 0.329 e. The molecule has 2 aliphatic rings. The average Bonchev–Trinajstić information content (AvgIpc) is 2.77. The summed E-state index contributed by atoms with van der Waals surface area (Å²) in [5, 5.41) is 9.06. The SMILES string of the molecule is CC(=O)N1CCCC2CC21C(=O)O. The third kappa shape index (κ3) is 0.975. The number of likely N-dealkylation sites (tertiary alicyclic amines) is 1. The molecule has 1 aliphatic heterocycles. The van der Waals surface area contributed by atoms with E-state index in [0.29, 0.717) is 13.0 Å². The molecule has 0 bridgehead atoms. The van der Waals surface area contributed by atoms with Gasteiger partial charge in [0.1, 0.15) is 5.54 Å². The second-order valence-corrected chi connectivity index (χ2v) is 3.94. The van der Waals surface area contributed by atoms with Crippen LogP contribution >= 0.6 is 0 Å². The summed E-state index contributed by atoms with van der Waals surface area (Å²) in [6, 6.07) is 0. The lowest BCUT2D eigenvalue weighted by atomic mass is 10.0. The van der Waals surface area contributed by atoms with Gasteiger partial charge in [0.25, 0.3) is 0 Å². The van der Waals surface area contributed by atoms with E-state index in [2.05, 4.69) is 0 Å². The molecule has 1 saturated carbocycles. The molecule has 2 atom stereocenters. The predicted molar refractivity (Wildman–Crippen MR) is 45.1 cm³/mol. The largest absolute Gasteiger partial charge is 0.479 e. The van der Waals surface area contributed by atoms with Gasteiger partial charge in [0, 0.05) is 13.5 Å². The minimum atomic E-state index is -0.826. The van der Waals surface area contributed by atoms with E-state index < -0.39 is 11.5 Å². The highest BCUT2D eigenvalue weighted by Crippen LogP contribution is 2.54. The molecule has 13 heavy (non-hydrogen) atoms. The molecule has 4 nitrogen and oxygen atoms in total. The van der Waals surface area contributed by atoms with E-state index in [1.165, 1.54) is 11.8 Å². The third-order valence-electron chi connectivity index (χ3n) is 3.24. The fourth-order valence-electron chi connectivity index (χ4n) is 2.50. The zero-order valence-corrected chi connectivity index (χ0v) is 7.62. The van der Waals surface area contributed by atoms with Crippen molar-refractivity contribution < 1.29 is 14.7 Å². The van der Waals surface area contributed by atoms with Gasteiger partial charge in [-0.1, -0.05) is 0 Å². The highest BCUT2D eigenvalue weighted by Gasteiger charge is 2.66. The molecular weight excluding hydrogens is 170 g/mol. The lowest BCUT2D eigenvalue weighted by molar-refractivity contribution is -0.153. The van der Waals surface area contributed by atoms with Gasteiger partial charge >= 0.3 is 5.97 Å². The van der Waals surface area contributed by atoms with Crippen LogP contribution in [0.5, 0.6) is 0 Å². The average molecular weight is 183 g/mol. The Morgan fingerprint density at radius 3 is 2.69 bits per heavy atom. The number of carbonyl (C=O) groups is 2. The maximum absolute atomic E-state index is 11.2. The van der Waals surface area contributed by atoms with E-state index in [-0.39, 0.29) is 11.8 Å². The summed E-state index contributed by atoms with van der Waals surface area (Å²) in [5.74, 6) is -0.723. The van der Waals surface area contributed by atoms with Gasteiger partial charge in [0.15, 0.2) is 0 Å². The predicted octanol–water partition coefficient (Wildman–Crippen LogP) is 0.472. The van der Waals surface area contributed by atoms with E-state index in [9.17, 15) is 9.59 Å². The summed E-state index contributed by atoms with van der Waals surface area (Å²) >= 11 is 0. The van der Waals surface area contributed by atoms with Gasteiger partial charge in [-0.3, -0.25) is 4.79 Å². The molecule has 1 heterocycles. The van der Waals surface area contributed by atoms with E-state index in [4.69, 9.17) is 5.11 Å². The number of fused-ring (bicyclic) bond motifs is 1. The number of aliphatic carboxylic acids is 1. The number of hydrogen-bond acceptors (Lipinski definition) is 2. The van der Waals surface area contributed by atoms with Crippen molar-refractivity contribution in [3.63, 3.8) is 0 Å². The summed E-state index contributed by atoms with van der Waals surface area (Å²) in [6.07, 6.45) is 2.55. The van der Waals surface area contributed by atoms with Crippen molar-refractivity contribution in [3.05, 3.63) is 0 Å². The van der Waals surface area contributed by atoms with E-state index in [1.54, 1.807) is 0 Å². The normalized spacial score (nSPS) is 36.7. The number of carboxylic acids is 1. The maximum atomic E-state index is 11.2. The zero-order chi connectivity index (χ0) is 9.64. The van der Waals surface area contributed by atoms with Gasteiger partial charge in [-0.05, 0) is 25.2 Å². The second-order valence-electron chi connectivity index (χ2n) is 3.94. The van der Waals surface area contributed by atoms with Crippen molar-refractivity contribution in [2.75, 3.05) is 6.54 Å². The minimum absolute atomic E-state index is 0.107. The van der Waals surface area contributed by atoms with E-state index in [0.717, 1.165) is 12.8 Å². The van der Waals surface area contributed by atoms with E-state index >= 15 is 0 Å². The molecule has 1 N–H and O–H groups in total. The molecule has 0 aromatic carbocycles. The van der Waals surface area contributed by atoms with Gasteiger partial charge in [-0.25, -0.2) is 4.79 Å². The topological polar surface area (TPSA) is 57.6 Å². The quantitative estimate of drug-likeness (QED) is 0.643. The van der Waals surface area contributed by atoms with Crippen LogP contribution in [0.15, 0.2) is 0 Å². The van der Waals surface area contributed by atoms with Gasteiger partial charge in [-0.2, -0.15) is 0 Å². The second kappa shape index (κ2) is 2.47. The zero-order valence-electron chi connectivity index (χ0n) is 7.62. The molecule has 0 spiro atoms. The first-order valence-corrected chi connectivity index (χ1v) is 4.60. The highest BCUT2D eigenvalue weighted by atomic mass is 16.4. The van der Waals surface area contributed by atoms with Gasteiger partial charge in [0.05, 0.1) is 0 Å². The number of carboxylic acid groups (broad SMARTS) is 1. The molecule has 4 heteroatoms. The fraction of sp³-hybridized carbons (Fsp3) is 0.778. The highest BCUT2D eigenvalue weighted by molar-refractivity contribution is 5.89. The van der Waals surface area contributed by atoms with Crippen molar-refractivity contribution in [3.8, 4) is 0 Å². The van der Waals surface area contributed by atoms with Crippen LogP contribution in [0, 0.1) is 5.92 Å². The molecule has 2 fully saturated rings. The Hall–Kier alpha value is -1.06. The lowest BCUT2D eigenvalue weighted by Crippen LogP contribution is -2.50. The Labute approximate surface area is 76.5 Å². The minimum Gasteiger partial charge on any atom is -0.479 e. The summed E-state index contributed by atoms with van der Waals surface area (Å²) in [7, 11) is 0. The first-order valence-electron chi connectivity index (χ1n) is 4.60. The number of hydrogen-bond donors (Lipinski definition) is 1. The molecular formula is C9H13NO3. The van der Waals surface area contributed by atoms with Crippen molar-refractivity contribution in [1.82, 2.24) is 4.90 Å². The number of nitrogens with zero attached hydrogens (tertiary/aromatic N) is 1. The van der Waals surface area contributed by atoms with Crippen LogP contribution in [0.25, 0.3) is 0 Å². The van der Waals surface area contributed by atoms with Gasteiger partial charge < -0.3 is 10.0 Å². The number of piperidine rings is 1. The van der Waals surface area contributed by atoms with Crippen LogP contribution in [-0.4, -0.2) is 34.0 Å². The molecule has 2 unspecified atom stereocenters. The molecule has 72 valence electrons. The Morgan fingerprint density at radius 2 is 2.23 bits per heavy atom. The van der Waals surface area contributed by atoms with E-state index in [1.807, 2.05) is 0 Å². The molecule has 2 rings (SSSR count). The Bertz CT molecular complexity index is 276. The third-order valence-corrected chi connectivity index (χ3v) is 3.24. The fourth-order valence-corrected chi connectivity index (χ4v) is 2.50. The monoisotopic (exact) mass is 183 g/mol. The summed E-state index contributed by atoms with van der Waals surface area (Å²) in [4.78, 5) is 23.8. The van der Waals surface area contributed by atoms with Crippen LogP contribution in [0.4, 0.5) is 0 Å².